The summed E-state index contributed by atoms with van der Waals surface area (Å²) in [6.45, 7) is 0. The van der Waals surface area contributed by atoms with Gasteiger partial charge in [-0.3, -0.25) is 4.79 Å². The molecule has 3 nitrogen and oxygen atoms in total. The van der Waals surface area contributed by atoms with Crippen molar-refractivity contribution in [3.05, 3.63) is 54.1 Å². The van der Waals surface area contributed by atoms with Crippen LogP contribution in [-0.2, 0) is 0 Å². The highest BCUT2D eigenvalue weighted by Gasteiger charge is 2.10. The molecule has 2 aromatic carbocycles. The maximum absolute atomic E-state index is 11.1. The van der Waals surface area contributed by atoms with E-state index in [2.05, 4.69) is 12.6 Å². The van der Waals surface area contributed by atoms with Gasteiger partial charge in [-0.15, -0.1) is 12.6 Å². The van der Waals surface area contributed by atoms with Crippen molar-refractivity contribution < 1.29 is 9.53 Å². The van der Waals surface area contributed by atoms with Crippen LogP contribution in [0.4, 0.5) is 0 Å². The Kier molecular flexibility index (Phi) is 3.35. The van der Waals surface area contributed by atoms with E-state index in [1.54, 1.807) is 18.2 Å². The number of primary amides is 1. The molecule has 0 aliphatic carbocycles. The van der Waals surface area contributed by atoms with Gasteiger partial charge in [0.15, 0.2) is 0 Å². The largest absolute Gasteiger partial charge is 0.456 e. The number of ether oxygens (including phenoxy) is 1. The smallest absolute Gasteiger partial charge is 0.249 e. The van der Waals surface area contributed by atoms with Crippen molar-refractivity contribution in [1.29, 1.82) is 0 Å². The van der Waals surface area contributed by atoms with Gasteiger partial charge < -0.3 is 10.5 Å². The molecule has 86 valence electrons. The minimum absolute atomic E-state index is 0.349. The molecule has 0 atom stereocenters. The van der Waals surface area contributed by atoms with Crippen molar-refractivity contribution in [2.24, 2.45) is 5.73 Å². The van der Waals surface area contributed by atoms with E-state index >= 15 is 0 Å². The maximum Gasteiger partial charge on any atom is 0.249 e. The van der Waals surface area contributed by atoms with E-state index in [0.29, 0.717) is 22.0 Å². The summed E-state index contributed by atoms with van der Waals surface area (Å²) in [5, 5.41) is 0. The van der Waals surface area contributed by atoms with Crippen LogP contribution in [0, 0.1) is 0 Å². The molecule has 0 fully saturated rings. The van der Waals surface area contributed by atoms with Crippen LogP contribution >= 0.6 is 12.6 Å². The van der Waals surface area contributed by atoms with E-state index in [4.69, 9.17) is 10.5 Å². The summed E-state index contributed by atoms with van der Waals surface area (Å²) in [6, 6.07) is 14.3. The van der Waals surface area contributed by atoms with Gasteiger partial charge in [0.1, 0.15) is 11.5 Å². The van der Waals surface area contributed by atoms with Crippen LogP contribution in [0.2, 0.25) is 0 Å². The molecule has 0 radical (unpaired) electrons. The highest BCUT2D eigenvalue weighted by Crippen LogP contribution is 2.30. The number of rotatable bonds is 3. The van der Waals surface area contributed by atoms with Crippen LogP contribution in [0.1, 0.15) is 10.4 Å². The van der Waals surface area contributed by atoms with Gasteiger partial charge in [-0.1, -0.05) is 24.3 Å². The van der Waals surface area contributed by atoms with Crippen molar-refractivity contribution >= 4 is 18.5 Å². The number of carbonyl (C=O) groups is 1. The van der Waals surface area contributed by atoms with Gasteiger partial charge in [0, 0.05) is 0 Å². The fourth-order valence-electron chi connectivity index (χ4n) is 1.42. The highest BCUT2D eigenvalue weighted by molar-refractivity contribution is 7.80. The summed E-state index contributed by atoms with van der Waals surface area (Å²) in [5.74, 6) is 0.675. The Bertz CT molecular complexity index is 540. The van der Waals surface area contributed by atoms with Crippen molar-refractivity contribution in [2.45, 2.75) is 4.90 Å². The van der Waals surface area contributed by atoms with E-state index in [1.807, 2.05) is 30.3 Å². The molecule has 0 unspecified atom stereocenters. The topological polar surface area (TPSA) is 52.3 Å². The van der Waals surface area contributed by atoms with Crippen molar-refractivity contribution in [1.82, 2.24) is 0 Å². The third-order valence-electron chi connectivity index (χ3n) is 2.24. The monoisotopic (exact) mass is 245 g/mol. The van der Waals surface area contributed by atoms with Crippen LogP contribution in [0.15, 0.2) is 53.4 Å². The van der Waals surface area contributed by atoms with E-state index in [-0.39, 0.29) is 0 Å². The van der Waals surface area contributed by atoms with E-state index in [1.165, 1.54) is 0 Å². The first-order valence-electron chi connectivity index (χ1n) is 5.03. The number of benzene rings is 2. The van der Waals surface area contributed by atoms with Crippen LogP contribution < -0.4 is 10.5 Å². The number of hydrogen-bond donors (Lipinski definition) is 2. The molecule has 0 bridgehead atoms. The van der Waals surface area contributed by atoms with Gasteiger partial charge in [0.25, 0.3) is 0 Å². The van der Waals surface area contributed by atoms with E-state index in [9.17, 15) is 4.79 Å². The van der Waals surface area contributed by atoms with Gasteiger partial charge in [0.2, 0.25) is 5.91 Å². The van der Waals surface area contributed by atoms with Gasteiger partial charge >= 0.3 is 0 Å². The lowest BCUT2D eigenvalue weighted by Gasteiger charge is -2.09. The van der Waals surface area contributed by atoms with Crippen molar-refractivity contribution in [2.75, 3.05) is 0 Å². The zero-order chi connectivity index (χ0) is 12.3. The second-order valence-electron chi connectivity index (χ2n) is 3.43. The minimum atomic E-state index is -0.520. The first-order chi connectivity index (χ1) is 8.18. The molecule has 0 aromatic heterocycles. The number of amides is 1. The zero-order valence-electron chi connectivity index (χ0n) is 8.96. The molecule has 0 saturated heterocycles. The van der Waals surface area contributed by atoms with E-state index in [0.717, 1.165) is 0 Å². The predicted molar refractivity (Wildman–Crippen MR) is 68.7 cm³/mol. The first kappa shape index (κ1) is 11.5. The summed E-state index contributed by atoms with van der Waals surface area (Å²) in [7, 11) is 0. The molecule has 0 saturated carbocycles. The highest BCUT2D eigenvalue weighted by atomic mass is 32.1. The molecule has 2 aromatic rings. The lowest BCUT2D eigenvalue weighted by Crippen LogP contribution is -2.11. The third-order valence-corrected chi connectivity index (χ3v) is 2.70. The molecule has 0 spiro atoms. The summed E-state index contributed by atoms with van der Waals surface area (Å²) < 4.78 is 5.62. The van der Waals surface area contributed by atoms with Gasteiger partial charge in [0.05, 0.1) is 10.5 Å². The number of thiol groups is 1. The predicted octanol–water partition coefficient (Wildman–Crippen LogP) is 2.87. The molecule has 0 aliphatic heterocycles. The lowest BCUT2D eigenvalue weighted by atomic mass is 10.2. The van der Waals surface area contributed by atoms with Gasteiger partial charge in [-0.2, -0.15) is 0 Å². The van der Waals surface area contributed by atoms with Crippen LogP contribution in [0.25, 0.3) is 0 Å². The quantitative estimate of drug-likeness (QED) is 0.817. The van der Waals surface area contributed by atoms with Crippen LogP contribution in [0.3, 0.4) is 0 Å². The Hall–Kier alpha value is -1.94. The molecule has 0 heterocycles. The molecule has 0 aliphatic rings. The fraction of sp³-hybridized carbons (Fsp3) is 0. The first-order valence-corrected chi connectivity index (χ1v) is 5.48. The van der Waals surface area contributed by atoms with Gasteiger partial charge in [-0.05, 0) is 24.3 Å². The molecule has 17 heavy (non-hydrogen) atoms. The Morgan fingerprint density at radius 1 is 1.06 bits per heavy atom. The number of hydrogen-bond acceptors (Lipinski definition) is 3. The summed E-state index contributed by atoms with van der Waals surface area (Å²) in [6.07, 6.45) is 0. The van der Waals surface area contributed by atoms with E-state index < -0.39 is 5.91 Å². The molecule has 2 rings (SSSR count). The van der Waals surface area contributed by atoms with Crippen LogP contribution in [0.5, 0.6) is 11.5 Å². The minimum Gasteiger partial charge on any atom is -0.456 e. The zero-order valence-corrected chi connectivity index (χ0v) is 9.85. The standard InChI is InChI=1S/C13H11NO2S/c14-13(15)10-7-4-8-11(12(10)17)16-9-5-2-1-3-6-9/h1-8,17H,(H2,14,15). The Labute approximate surface area is 105 Å². The average molecular weight is 245 g/mol. The Morgan fingerprint density at radius 2 is 1.76 bits per heavy atom. The summed E-state index contributed by atoms with van der Waals surface area (Å²) in [4.78, 5) is 11.6. The molecule has 1 amide bonds. The number of nitrogens with two attached hydrogens (primary N) is 1. The van der Waals surface area contributed by atoms with Crippen LogP contribution in [-0.4, -0.2) is 5.91 Å². The second kappa shape index (κ2) is 4.93. The van der Waals surface area contributed by atoms with Crippen molar-refractivity contribution in [3.8, 4) is 11.5 Å². The molecule has 2 N–H and O–H groups in total. The normalized spacial score (nSPS) is 9.94. The number of para-hydroxylation sites is 1. The molecular weight excluding hydrogens is 234 g/mol. The fourth-order valence-corrected chi connectivity index (χ4v) is 1.72. The Balaban J connectivity index is 2.34. The average Bonchev–Trinajstić information content (AvgIpc) is 2.33. The lowest BCUT2D eigenvalue weighted by molar-refractivity contribution is 0.0997. The second-order valence-corrected chi connectivity index (χ2v) is 3.88. The Morgan fingerprint density at radius 3 is 2.41 bits per heavy atom. The van der Waals surface area contributed by atoms with Crippen molar-refractivity contribution in [3.63, 3.8) is 0 Å². The number of carbonyl (C=O) groups excluding carboxylic acids is 1. The summed E-state index contributed by atoms with van der Waals surface area (Å²) >= 11 is 4.26. The van der Waals surface area contributed by atoms with Gasteiger partial charge in [-0.25, -0.2) is 0 Å². The molecule has 4 heteroatoms. The summed E-state index contributed by atoms with van der Waals surface area (Å²) in [5.41, 5.74) is 5.58. The third kappa shape index (κ3) is 2.60. The SMILES string of the molecule is NC(=O)c1cccc(Oc2ccccc2)c1S. The maximum atomic E-state index is 11.1. The molecular formula is C13H11NO2S.